The van der Waals surface area contributed by atoms with Crippen molar-refractivity contribution in [3.63, 3.8) is 0 Å². The average molecular weight is 952 g/mol. The minimum absolute atomic E-state index is 0.0498. The molecule has 0 spiro atoms. The van der Waals surface area contributed by atoms with Crippen LogP contribution in [0.3, 0.4) is 0 Å². The van der Waals surface area contributed by atoms with Crippen molar-refractivity contribution in [3.8, 4) is 0 Å². The first-order chi connectivity index (χ1) is 32.2. The molecule has 18 nitrogen and oxygen atoms in total. The van der Waals surface area contributed by atoms with Crippen molar-refractivity contribution in [2.45, 2.75) is 44.2 Å². The number of hydrogen-bond donors (Lipinski definition) is 3. The predicted octanol–water partition coefficient (Wildman–Crippen LogP) is 4.56. The van der Waals surface area contributed by atoms with E-state index in [9.17, 15) is 32.4 Å². The maximum atomic E-state index is 15.7. The smallest absolute Gasteiger partial charge is 0.262 e. The average Bonchev–Trinajstić information content (AvgIpc) is 4.05. The fourth-order valence-electron chi connectivity index (χ4n) is 10.0. The molecule has 7 heterocycles. The van der Waals surface area contributed by atoms with Crippen molar-refractivity contribution in [3.05, 3.63) is 95.0 Å². The van der Waals surface area contributed by atoms with Crippen LogP contribution < -0.4 is 25.8 Å². The number of carbonyl (C=O) groups is 5. The Morgan fingerprint density at radius 2 is 1.61 bits per heavy atom. The van der Waals surface area contributed by atoms with E-state index in [-0.39, 0.29) is 52.6 Å². The highest BCUT2D eigenvalue weighted by atomic mass is 35.5. The molecule has 0 bridgehead atoms. The van der Waals surface area contributed by atoms with Gasteiger partial charge in [-0.2, -0.15) is 4.98 Å². The van der Waals surface area contributed by atoms with Gasteiger partial charge in [0, 0.05) is 87.8 Å². The first kappa shape index (κ1) is 44.2. The summed E-state index contributed by atoms with van der Waals surface area (Å²) in [6.07, 6.45) is 6.51. The van der Waals surface area contributed by atoms with Gasteiger partial charge in [-0.3, -0.25) is 39.1 Å². The second-order valence-electron chi connectivity index (χ2n) is 17.6. The summed E-state index contributed by atoms with van der Waals surface area (Å²) in [5.41, 5.74) is 3.03. The van der Waals surface area contributed by atoms with Crippen LogP contribution in [-0.4, -0.2) is 137 Å². The molecule has 21 heteroatoms. The van der Waals surface area contributed by atoms with Crippen LogP contribution in [0, 0.1) is 11.7 Å². The van der Waals surface area contributed by atoms with Crippen LogP contribution in [0.25, 0.3) is 10.9 Å². The molecule has 3 aromatic carbocycles. The Kier molecular flexibility index (Phi) is 11.6. The van der Waals surface area contributed by atoms with E-state index in [1.807, 2.05) is 4.90 Å². The van der Waals surface area contributed by atoms with Gasteiger partial charge >= 0.3 is 0 Å². The minimum Gasteiger partial charge on any atom is -0.371 e. The molecule has 5 amide bonds. The predicted molar refractivity (Wildman–Crippen MR) is 249 cm³/mol. The third-order valence-corrected chi connectivity index (χ3v) is 14.8. The highest BCUT2D eigenvalue weighted by Gasteiger charge is 2.45. The van der Waals surface area contributed by atoms with Crippen LogP contribution in [-0.2, 0) is 24.4 Å². The number of fused-ring (bicyclic) bond motifs is 2. The van der Waals surface area contributed by atoms with E-state index < -0.39 is 45.5 Å². The second kappa shape index (κ2) is 17.5. The van der Waals surface area contributed by atoms with E-state index in [0.717, 1.165) is 42.8 Å². The van der Waals surface area contributed by atoms with Gasteiger partial charge in [0.05, 0.1) is 46.4 Å². The molecule has 5 aromatic rings. The molecule has 0 saturated carbocycles. The quantitative estimate of drug-likeness (QED) is 0.165. The van der Waals surface area contributed by atoms with Crippen molar-refractivity contribution in [2.24, 2.45) is 5.92 Å². The van der Waals surface area contributed by atoms with Gasteiger partial charge in [-0.1, -0.05) is 23.7 Å². The zero-order valence-corrected chi connectivity index (χ0v) is 38.0. The van der Waals surface area contributed by atoms with Crippen LogP contribution >= 0.6 is 11.6 Å². The molecule has 5 aliphatic heterocycles. The highest BCUT2D eigenvalue weighted by molar-refractivity contribution is 7.89. The van der Waals surface area contributed by atoms with Crippen molar-refractivity contribution >= 4 is 96.6 Å². The number of piperazine rings is 1. The standard InChI is InChI=1S/C46H47ClFN11O7S/c1-67(65,66)58-18-12-27-3-2-4-36(40(27)58)51-41-34(47)25-49-46(53-41)50-29-5-8-37(35(48)23-29)55-16-13-30(14-17-55)54-19-21-56(22-20-54)43(62)28-11-15-57(26-28)31-6-7-32-33(24-31)45(64)59(44(32)63)38-9-10-39(60)52-42(38)61/h2-8,12,18,23-25,28,30,38H,9-11,13-17,19-22,26H2,1H3,(H,52,60,61)(H2,49,50,51,53)/t28-,38?/m1/s1. The molecule has 10 rings (SSSR count). The van der Waals surface area contributed by atoms with Gasteiger partial charge < -0.3 is 25.3 Å². The Labute approximate surface area is 390 Å². The number of carbonyl (C=O) groups excluding carboxylic acids is 5. The van der Waals surface area contributed by atoms with Crippen LogP contribution in [0.1, 0.15) is 52.8 Å². The summed E-state index contributed by atoms with van der Waals surface area (Å²) in [4.78, 5) is 82.7. The fourth-order valence-corrected chi connectivity index (χ4v) is 11.0. The Balaban J connectivity index is 0.700. The van der Waals surface area contributed by atoms with Gasteiger partial charge in [-0.25, -0.2) is 21.8 Å². The largest absolute Gasteiger partial charge is 0.371 e. The molecule has 2 aromatic heterocycles. The van der Waals surface area contributed by atoms with Gasteiger partial charge in [0.1, 0.15) is 16.9 Å². The molecule has 3 N–H and O–H groups in total. The molecule has 2 atom stereocenters. The number of nitrogens with zero attached hydrogens (tertiary/aromatic N) is 8. The number of para-hydroxylation sites is 1. The molecule has 4 fully saturated rings. The summed E-state index contributed by atoms with van der Waals surface area (Å²) in [6.45, 7) is 5.19. The Hall–Kier alpha value is -6.64. The number of rotatable bonds is 10. The summed E-state index contributed by atoms with van der Waals surface area (Å²) >= 11 is 6.45. The number of anilines is 6. The van der Waals surface area contributed by atoms with Crippen molar-refractivity contribution < 1.29 is 36.8 Å². The Morgan fingerprint density at radius 1 is 0.851 bits per heavy atom. The highest BCUT2D eigenvalue weighted by Crippen LogP contribution is 2.35. The molecule has 0 aliphatic carbocycles. The molecule has 0 radical (unpaired) electrons. The maximum Gasteiger partial charge on any atom is 0.262 e. The zero-order valence-electron chi connectivity index (χ0n) is 36.5. The lowest BCUT2D eigenvalue weighted by Gasteiger charge is -2.43. The van der Waals surface area contributed by atoms with Gasteiger partial charge in [-0.15, -0.1) is 0 Å². The summed E-state index contributed by atoms with van der Waals surface area (Å²) < 4.78 is 41.8. The monoisotopic (exact) mass is 951 g/mol. The maximum absolute atomic E-state index is 15.7. The summed E-state index contributed by atoms with van der Waals surface area (Å²) in [5.74, 6) is -2.28. The van der Waals surface area contributed by atoms with Crippen LogP contribution in [0.4, 0.5) is 38.9 Å². The van der Waals surface area contributed by atoms with Gasteiger partial charge in [0.15, 0.2) is 5.82 Å². The van der Waals surface area contributed by atoms with Gasteiger partial charge in [-0.05, 0) is 74.2 Å². The Bertz CT molecular complexity index is 2970. The van der Waals surface area contributed by atoms with Gasteiger partial charge in [0.2, 0.25) is 33.7 Å². The van der Waals surface area contributed by atoms with Crippen molar-refractivity contribution in [1.29, 1.82) is 0 Å². The normalized spacial score (nSPS) is 20.8. The van der Waals surface area contributed by atoms with Crippen molar-refractivity contribution in [2.75, 3.05) is 79.0 Å². The van der Waals surface area contributed by atoms with E-state index in [2.05, 4.69) is 40.6 Å². The van der Waals surface area contributed by atoms with Crippen LogP contribution in [0.5, 0.6) is 0 Å². The molecule has 4 saturated heterocycles. The summed E-state index contributed by atoms with van der Waals surface area (Å²) in [7, 11) is -3.58. The third-order valence-electron chi connectivity index (χ3n) is 13.5. The first-order valence-corrected chi connectivity index (χ1v) is 24.5. The molecule has 1 unspecified atom stereocenters. The summed E-state index contributed by atoms with van der Waals surface area (Å²) in [5, 5.41) is 9.32. The van der Waals surface area contributed by atoms with Gasteiger partial charge in [0.25, 0.3) is 11.8 Å². The van der Waals surface area contributed by atoms with E-state index in [4.69, 9.17) is 11.6 Å². The lowest BCUT2D eigenvalue weighted by molar-refractivity contribution is -0.137. The van der Waals surface area contributed by atoms with E-state index in [0.29, 0.717) is 79.7 Å². The summed E-state index contributed by atoms with van der Waals surface area (Å²) in [6, 6.07) is 16.3. The number of aromatic nitrogens is 3. The van der Waals surface area contributed by atoms with E-state index >= 15 is 4.39 Å². The van der Waals surface area contributed by atoms with E-state index in [1.165, 1.54) is 22.4 Å². The number of piperidine rings is 2. The lowest BCUT2D eigenvalue weighted by Crippen LogP contribution is -2.55. The number of halogens is 2. The molecule has 5 aliphatic rings. The number of amides is 5. The fraction of sp³-hybridized carbons (Fsp3) is 0.370. The molecular formula is C46H47ClFN11O7S. The molecule has 67 heavy (non-hydrogen) atoms. The number of nitrogens with one attached hydrogen (secondary N) is 3. The number of hydrogen-bond acceptors (Lipinski definition) is 14. The number of imide groups is 2. The first-order valence-electron chi connectivity index (χ1n) is 22.3. The zero-order chi connectivity index (χ0) is 46.7. The second-order valence-corrected chi connectivity index (χ2v) is 19.9. The van der Waals surface area contributed by atoms with Crippen LogP contribution in [0.15, 0.2) is 73.1 Å². The number of benzene rings is 3. The van der Waals surface area contributed by atoms with Crippen molar-refractivity contribution in [1.82, 2.24) is 34.0 Å². The van der Waals surface area contributed by atoms with E-state index in [1.54, 1.807) is 54.6 Å². The lowest BCUT2D eigenvalue weighted by atomic mass is 10.0. The third kappa shape index (κ3) is 8.52. The van der Waals surface area contributed by atoms with Crippen LogP contribution in [0.2, 0.25) is 5.02 Å². The Morgan fingerprint density at radius 3 is 2.36 bits per heavy atom. The minimum atomic E-state index is -3.58. The SMILES string of the molecule is CS(=O)(=O)n1ccc2cccc(Nc3nc(Nc4ccc(N5CCC(N6CCN(C(=O)[C@@H]7CCN(c8ccc9c(c8)C(=O)N(C8CCC(=O)NC8=O)C9=O)C7)CC6)CC5)c(F)c4)ncc3Cl)c21. The topological polar surface area (TPSA) is 202 Å². The molecule has 348 valence electrons. The molecular weight excluding hydrogens is 905 g/mol.